The van der Waals surface area contributed by atoms with Crippen molar-refractivity contribution in [2.24, 2.45) is 4.99 Å². The second kappa shape index (κ2) is 11.3. The average molecular weight is 358 g/mol. The van der Waals surface area contributed by atoms with Crippen molar-refractivity contribution in [2.75, 3.05) is 20.2 Å². The fourth-order valence-corrected chi connectivity index (χ4v) is 2.38. The fourth-order valence-electron chi connectivity index (χ4n) is 2.38. The summed E-state index contributed by atoms with van der Waals surface area (Å²) in [5, 5.41) is 10.6. The van der Waals surface area contributed by atoms with Gasteiger partial charge in [0.05, 0.1) is 18.8 Å². The molecule has 0 bridgehead atoms. The van der Waals surface area contributed by atoms with Crippen molar-refractivity contribution >= 4 is 5.96 Å². The monoisotopic (exact) mass is 358 g/mol. The number of aromatic nitrogens is 1. The first-order chi connectivity index (χ1) is 12.7. The van der Waals surface area contributed by atoms with Crippen LogP contribution in [0.3, 0.4) is 0 Å². The number of guanidine groups is 1. The van der Waals surface area contributed by atoms with Crippen LogP contribution in [0.2, 0.25) is 0 Å². The van der Waals surface area contributed by atoms with Gasteiger partial charge in [-0.05, 0) is 24.3 Å². The smallest absolute Gasteiger partial charge is 0.191 e. The molecule has 26 heavy (non-hydrogen) atoms. The van der Waals surface area contributed by atoms with Gasteiger partial charge < -0.3 is 19.9 Å². The Morgan fingerprint density at radius 1 is 1.19 bits per heavy atom. The molecule has 2 aromatic rings. The first kappa shape index (κ1) is 20.0. The Bertz CT molecular complexity index is 653. The fraction of sp³-hybridized carbons (Fsp3) is 0.500. The van der Waals surface area contributed by atoms with Crippen LogP contribution in [0.1, 0.15) is 49.6 Å². The molecule has 1 aromatic carbocycles. The molecule has 6 heteroatoms. The molecular weight excluding hydrogens is 328 g/mol. The Morgan fingerprint density at radius 2 is 2.00 bits per heavy atom. The van der Waals surface area contributed by atoms with Crippen molar-refractivity contribution in [3.05, 3.63) is 53.4 Å². The van der Waals surface area contributed by atoms with Crippen molar-refractivity contribution < 1.29 is 9.26 Å². The van der Waals surface area contributed by atoms with E-state index < -0.39 is 0 Å². The number of unbranched alkanes of at least 4 members (excludes halogenated alkanes) is 1. The highest BCUT2D eigenvalue weighted by molar-refractivity contribution is 5.79. The summed E-state index contributed by atoms with van der Waals surface area (Å²) >= 11 is 0. The highest BCUT2D eigenvalue weighted by Crippen LogP contribution is 2.13. The first-order valence-electron chi connectivity index (χ1n) is 9.20. The van der Waals surface area contributed by atoms with E-state index in [1.165, 1.54) is 5.56 Å². The second-order valence-electron chi connectivity index (χ2n) is 6.47. The van der Waals surface area contributed by atoms with Gasteiger partial charge in [-0.1, -0.05) is 49.3 Å². The van der Waals surface area contributed by atoms with Gasteiger partial charge in [-0.25, -0.2) is 0 Å². The van der Waals surface area contributed by atoms with Crippen LogP contribution < -0.4 is 10.6 Å². The standard InChI is InChI=1S/C20H30N4O2/c1-16(2)19-13-18(26-24-19)14-23-20(21-3)22-11-7-8-12-25-15-17-9-5-4-6-10-17/h4-6,9-10,13,16H,7-8,11-12,14-15H2,1-3H3,(H2,21,22,23). The van der Waals surface area contributed by atoms with E-state index in [1.54, 1.807) is 7.05 Å². The van der Waals surface area contributed by atoms with Gasteiger partial charge in [-0.3, -0.25) is 4.99 Å². The van der Waals surface area contributed by atoms with Gasteiger partial charge in [0.2, 0.25) is 0 Å². The number of nitrogens with one attached hydrogen (secondary N) is 2. The maximum Gasteiger partial charge on any atom is 0.191 e. The molecule has 142 valence electrons. The first-order valence-corrected chi connectivity index (χ1v) is 9.20. The Balaban J connectivity index is 1.54. The van der Waals surface area contributed by atoms with Gasteiger partial charge in [-0.15, -0.1) is 0 Å². The molecule has 0 aliphatic heterocycles. The summed E-state index contributed by atoms with van der Waals surface area (Å²) in [5.74, 6) is 1.94. The van der Waals surface area contributed by atoms with Crippen LogP contribution >= 0.6 is 0 Å². The summed E-state index contributed by atoms with van der Waals surface area (Å²) in [7, 11) is 1.76. The summed E-state index contributed by atoms with van der Waals surface area (Å²) in [6, 6.07) is 12.2. The SMILES string of the molecule is CN=C(NCCCCOCc1ccccc1)NCc1cc(C(C)C)no1. The summed E-state index contributed by atoms with van der Waals surface area (Å²) in [6.45, 7) is 7.05. The molecule has 0 spiro atoms. The Kier molecular flexibility index (Phi) is 8.69. The molecule has 0 atom stereocenters. The predicted molar refractivity (Wildman–Crippen MR) is 104 cm³/mol. The molecule has 0 saturated carbocycles. The number of ether oxygens (including phenoxy) is 1. The molecule has 0 radical (unpaired) electrons. The van der Waals surface area contributed by atoms with Crippen molar-refractivity contribution in [1.29, 1.82) is 0 Å². The normalized spacial score (nSPS) is 11.8. The summed E-state index contributed by atoms with van der Waals surface area (Å²) in [6.07, 6.45) is 2.03. The lowest BCUT2D eigenvalue weighted by Crippen LogP contribution is -2.37. The van der Waals surface area contributed by atoms with Crippen molar-refractivity contribution in [2.45, 2.75) is 45.8 Å². The molecule has 0 amide bonds. The largest absolute Gasteiger partial charge is 0.377 e. The minimum atomic E-state index is 0.369. The van der Waals surface area contributed by atoms with E-state index in [1.807, 2.05) is 24.3 Å². The van der Waals surface area contributed by atoms with Gasteiger partial charge in [0.15, 0.2) is 11.7 Å². The third kappa shape index (κ3) is 7.27. The van der Waals surface area contributed by atoms with Crippen LogP contribution in [0.4, 0.5) is 0 Å². The highest BCUT2D eigenvalue weighted by Gasteiger charge is 2.08. The van der Waals surface area contributed by atoms with Gasteiger partial charge in [0.25, 0.3) is 0 Å². The molecule has 0 fully saturated rings. The summed E-state index contributed by atoms with van der Waals surface area (Å²) in [4.78, 5) is 4.22. The second-order valence-corrected chi connectivity index (χ2v) is 6.47. The van der Waals surface area contributed by atoms with Crippen LogP contribution in [0.25, 0.3) is 0 Å². The zero-order valence-electron chi connectivity index (χ0n) is 16.0. The Labute approximate surface area is 156 Å². The van der Waals surface area contributed by atoms with Crippen molar-refractivity contribution in [3.63, 3.8) is 0 Å². The molecule has 0 unspecified atom stereocenters. The number of hydrogen-bond donors (Lipinski definition) is 2. The lowest BCUT2D eigenvalue weighted by molar-refractivity contribution is 0.117. The molecular formula is C20H30N4O2. The number of rotatable bonds is 10. The lowest BCUT2D eigenvalue weighted by Gasteiger charge is -2.10. The maximum absolute atomic E-state index is 5.69. The molecule has 0 aliphatic rings. The maximum atomic E-state index is 5.69. The van der Waals surface area contributed by atoms with E-state index in [0.29, 0.717) is 19.1 Å². The van der Waals surface area contributed by atoms with Crippen LogP contribution in [0.15, 0.2) is 45.9 Å². The highest BCUT2D eigenvalue weighted by atomic mass is 16.5. The zero-order valence-corrected chi connectivity index (χ0v) is 16.0. The van der Waals surface area contributed by atoms with Crippen LogP contribution in [0, 0.1) is 0 Å². The van der Waals surface area contributed by atoms with Crippen LogP contribution in [-0.4, -0.2) is 31.3 Å². The minimum Gasteiger partial charge on any atom is -0.377 e. The van der Waals surface area contributed by atoms with E-state index in [4.69, 9.17) is 9.26 Å². The predicted octanol–water partition coefficient (Wildman–Crippen LogP) is 3.46. The molecule has 6 nitrogen and oxygen atoms in total. The third-order valence-electron chi connectivity index (χ3n) is 3.94. The zero-order chi connectivity index (χ0) is 18.6. The third-order valence-corrected chi connectivity index (χ3v) is 3.94. The molecule has 1 aromatic heterocycles. The van der Waals surface area contributed by atoms with Crippen LogP contribution in [-0.2, 0) is 17.9 Å². The Morgan fingerprint density at radius 3 is 2.69 bits per heavy atom. The van der Waals surface area contributed by atoms with E-state index in [9.17, 15) is 0 Å². The summed E-state index contributed by atoms with van der Waals surface area (Å²) < 4.78 is 11.0. The van der Waals surface area contributed by atoms with E-state index in [-0.39, 0.29) is 0 Å². The number of nitrogens with zero attached hydrogens (tertiary/aromatic N) is 2. The number of hydrogen-bond acceptors (Lipinski definition) is 4. The van der Waals surface area contributed by atoms with Crippen molar-refractivity contribution in [3.8, 4) is 0 Å². The van der Waals surface area contributed by atoms with Gasteiger partial charge in [0.1, 0.15) is 0 Å². The van der Waals surface area contributed by atoms with E-state index >= 15 is 0 Å². The Hall–Kier alpha value is -2.34. The molecule has 0 saturated heterocycles. The lowest BCUT2D eigenvalue weighted by atomic mass is 10.1. The average Bonchev–Trinajstić information content (AvgIpc) is 3.13. The van der Waals surface area contributed by atoms with Gasteiger partial charge in [0, 0.05) is 26.3 Å². The van der Waals surface area contributed by atoms with E-state index in [2.05, 4.69) is 46.8 Å². The quantitative estimate of drug-likeness (QED) is 0.387. The van der Waals surface area contributed by atoms with Gasteiger partial charge >= 0.3 is 0 Å². The minimum absolute atomic E-state index is 0.369. The van der Waals surface area contributed by atoms with E-state index in [0.717, 1.165) is 43.4 Å². The summed E-state index contributed by atoms with van der Waals surface area (Å²) in [5.41, 5.74) is 2.18. The topological polar surface area (TPSA) is 71.7 Å². The number of benzene rings is 1. The number of aliphatic imine (C=N–C) groups is 1. The molecule has 0 aliphatic carbocycles. The molecule has 2 rings (SSSR count). The van der Waals surface area contributed by atoms with Crippen molar-refractivity contribution in [1.82, 2.24) is 15.8 Å². The molecule has 1 heterocycles. The van der Waals surface area contributed by atoms with Gasteiger partial charge in [-0.2, -0.15) is 0 Å². The molecule has 2 N–H and O–H groups in total. The van der Waals surface area contributed by atoms with Crippen LogP contribution in [0.5, 0.6) is 0 Å².